The molecule has 1 aromatic rings. The van der Waals surface area contributed by atoms with Gasteiger partial charge in [0.25, 0.3) is 5.91 Å². The number of hydrogen-bond donors (Lipinski definition) is 0. The summed E-state index contributed by atoms with van der Waals surface area (Å²) in [6, 6.07) is 9.59. The minimum atomic E-state index is -0.385. The molecular formula is C18H22N2O3. The van der Waals surface area contributed by atoms with Gasteiger partial charge in [-0.1, -0.05) is 18.2 Å². The molecule has 2 heterocycles. The molecule has 1 saturated carbocycles. The lowest BCUT2D eigenvalue weighted by molar-refractivity contribution is -0.156. The smallest absolute Gasteiger partial charge is 0.253 e. The lowest BCUT2D eigenvalue weighted by Gasteiger charge is -2.52. The average molecular weight is 314 g/mol. The fraction of sp³-hybridized carbons (Fsp3) is 0.556. The summed E-state index contributed by atoms with van der Waals surface area (Å²) >= 11 is 0. The third-order valence-corrected chi connectivity index (χ3v) is 5.35. The highest BCUT2D eigenvalue weighted by Crippen LogP contribution is 2.38. The lowest BCUT2D eigenvalue weighted by atomic mass is 9.85. The zero-order chi connectivity index (χ0) is 16.0. The van der Waals surface area contributed by atoms with Gasteiger partial charge in [0.2, 0.25) is 5.91 Å². The van der Waals surface area contributed by atoms with Crippen LogP contribution < -0.4 is 4.90 Å². The van der Waals surface area contributed by atoms with Crippen molar-refractivity contribution in [2.75, 3.05) is 24.6 Å². The van der Waals surface area contributed by atoms with E-state index in [0.29, 0.717) is 6.54 Å². The second kappa shape index (κ2) is 5.34. The van der Waals surface area contributed by atoms with Crippen LogP contribution in [0.3, 0.4) is 0 Å². The predicted octanol–water partition coefficient (Wildman–Crippen LogP) is 1.82. The number of piperidine rings is 1. The SMILES string of the molecule is C[C@@]12CCN(C(=O)C3CC3)C[C@H]1N(c1ccccc1)C(=O)CO2. The molecule has 0 bridgehead atoms. The van der Waals surface area contributed by atoms with Crippen LogP contribution in [0.15, 0.2) is 30.3 Å². The van der Waals surface area contributed by atoms with Crippen molar-refractivity contribution in [3.63, 3.8) is 0 Å². The molecule has 2 aliphatic heterocycles. The fourth-order valence-corrected chi connectivity index (χ4v) is 3.71. The number of carbonyl (C=O) groups excluding carboxylic acids is 2. The van der Waals surface area contributed by atoms with E-state index in [1.54, 1.807) is 0 Å². The summed E-state index contributed by atoms with van der Waals surface area (Å²) in [5.41, 5.74) is 0.502. The third-order valence-electron chi connectivity index (χ3n) is 5.35. The molecule has 3 fully saturated rings. The molecule has 1 aliphatic carbocycles. The predicted molar refractivity (Wildman–Crippen MR) is 86.0 cm³/mol. The molecule has 5 heteroatoms. The van der Waals surface area contributed by atoms with Gasteiger partial charge in [0, 0.05) is 24.7 Å². The third kappa shape index (κ3) is 2.53. The van der Waals surface area contributed by atoms with Crippen LogP contribution in [0, 0.1) is 5.92 Å². The Bertz CT molecular complexity index is 628. The Labute approximate surface area is 136 Å². The monoisotopic (exact) mass is 314 g/mol. The first-order valence-electron chi connectivity index (χ1n) is 8.38. The number of ether oxygens (including phenoxy) is 1. The van der Waals surface area contributed by atoms with E-state index in [9.17, 15) is 9.59 Å². The number of nitrogens with zero attached hydrogens (tertiary/aromatic N) is 2. The number of hydrogen-bond acceptors (Lipinski definition) is 3. The average Bonchev–Trinajstić information content (AvgIpc) is 3.40. The number of benzene rings is 1. The van der Waals surface area contributed by atoms with Gasteiger partial charge in [-0.3, -0.25) is 9.59 Å². The Kier molecular flexibility index (Phi) is 3.41. The van der Waals surface area contributed by atoms with Crippen LogP contribution in [0.1, 0.15) is 26.2 Å². The maximum atomic E-state index is 12.5. The highest BCUT2D eigenvalue weighted by molar-refractivity contribution is 5.96. The maximum absolute atomic E-state index is 12.5. The number of rotatable bonds is 2. The Morgan fingerprint density at radius 2 is 2.00 bits per heavy atom. The normalized spacial score (nSPS) is 31.0. The molecule has 1 aromatic carbocycles. The summed E-state index contributed by atoms with van der Waals surface area (Å²) in [5, 5.41) is 0. The Hall–Kier alpha value is -1.88. The second-order valence-corrected chi connectivity index (χ2v) is 7.02. The molecule has 2 saturated heterocycles. The zero-order valence-electron chi connectivity index (χ0n) is 13.4. The summed E-state index contributed by atoms with van der Waals surface area (Å²) in [4.78, 5) is 28.7. The molecule has 0 aromatic heterocycles. The van der Waals surface area contributed by atoms with Crippen LogP contribution in [-0.2, 0) is 14.3 Å². The number of morpholine rings is 1. The highest BCUT2D eigenvalue weighted by atomic mass is 16.5. The van der Waals surface area contributed by atoms with Crippen molar-refractivity contribution in [2.24, 2.45) is 5.92 Å². The first-order chi connectivity index (χ1) is 11.1. The van der Waals surface area contributed by atoms with E-state index in [0.717, 1.165) is 31.5 Å². The van der Waals surface area contributed by atoms with Crippen LogP contribution in [0.2, 0.25) is 0 Å². The first-order valence-corrected chi connectivity index (χ1v) is 8.38. The molecule has 0 N–H and O–H groups in total. The van der Waals surface area contributed by atoms with E-state index in [2.05, 4.69) is 6.92 Å². The number of fused-ring (bicyclic) bond motifs is 1. The Balaban J connectivity index is 1.64. The summed E-state index contributed by atoms with van der Waals surface area (Å²) < 4.78 is 5.91. The van der Waals surface area contributed by atoms with Gasteiger partial charge in [-0.2, -0.15) is 0 Å². The topological polar surface area (TPSA) is 49.9 Å². The van der Waals surface area contributed by atoms with Crippen molar-refractivity contribution < 1.29 is 14.3 Å². The van der Waals surface area contributed by atoms with Gasteiger partial charge in [0.15, 0.2) is 0 Å². The minimum Gasteiger partial charge on any atom is -0.363 e. The standard InChI is InChI=1S/C18H22N2O3/c1-18-9-10-19(17(22)13-7-8-13)11-15(18)20(16(21)12-23-18)14-5-3-2-4-6-14/h2-6,13,15H,7-12H2,1H3/t15-,18-/m1/s1. The highest BCUT2D eigenvalue weighted by Gasteiger charge is 2.50. The van der Waals surface area contributed by atoms with Gasteiger partial charge >= 0.3 is 0 Å². The van der Waals surface area contributed by atoms with Crippen molar-refractivity contribution in [3.05, 3.63) is 30.3 Å². The molecule has 23 heavy (non-hydrogen) atoms. The quantitative estimate of drug-likeness (QED) is 0.837. The number of anilines is 1. The molecule has 0 unspecified atom stereocenters. The van der Waals surface area contributed by atoms with Gasteiger partial charge < -0.3 is 14.5 Å². The largest absolute Gasteiger partial charge is 0.363 e. The van der Waals surface area contributed by atoms with Crippen LogP contribution in [0.25, 0.3) is 0 Å². The second-order valence-electron chi connectivity index (χ2n) is 7.02. The van der Waals surface area contributed by atoms with Crippen molar-refractivity contribution in [2.45, 2.75) is 37.8 Å². The number of likely N-dealkylation sites (tertiary alicyclic amines) is 1. The van der Waals surface area contributed by atoms with Gasteiger partial charge in [-0.05, 0) is 38.3 Å². The lowest BCUT2D eigenvalue weighted by Crippen LogP contribution is -2.68. The summed E-state index contributed by atoms with van der Waals surface area (Å²) in [7, 11) is 0. The zero-order valence-corrected chi connectivity index (χ0v) is 13.4. The maximum Gasteiger partial charge on any atom is 0.253 e. The molecule has 0 spiro atoms. The molecular weight excluding hydrogens is 292 g/mol. The number of carbonyl (C=O) groups is 2. The van der Waals surface area contributed by atoms with Gasteiger partial charge in [0.05, 0.1) is 11.6 Å². The Morgan fingerprint density at radius 1 is 1.26 bits per heavy atom. The van der Waals surface area contributed by atoms with Crippen molar-refractivity contribution >= 4 is 17.5 Å². The minimum absolute atomic E-state index is 0.0283. The Morgan fingerprint density at radius 3 is 2.70 bits per heavy atom. The summed E-state index contributed by atoms with van der Waals surface area (Å²) in [6.45, 7) is 3.46. The van der Waals surface area contributed by atoms with Crippen molar-refractivity contribution in [3.8, 4) is 0 Å². The van der Waals surface area contributed by atoms with Crippen LogP contribution in [0.4, 0.5) is 5.69 Å². The van der Waals surface area contributed by atoms with E-state index in [1.807, 2.05) is 40.1 Å². The van der Waals surface area contributed by atoms with Gasteiger partial charge in [-0.25, -0.2) is 0 Å². The summed E-state index contributed by atoms with van der Waals surface area (Å²) in [5.74, 6) is 0.433. The van der Waals surface area contributed by atoms with E-state index in [-0.39, 0.29) is 36.0 Å². The van der Waals surface area contributed by atoms with Crippen LogP contribution in [0.5, 0.6) is 0 Å². The first kappa shape index (κ1) is 14.7. The van der Waals surface area contributed by atoms with Crippen molar-refractivity contribution in [1.82, 2.24) is 4.90 Å². The number of para-hydroxylation sites is 1. The van der Waals surface area contributed by atoms with E-state index >= 15 is 0 Å². The molecule has 4 rings (SSSR count). The molecule has 5 nitrogen and oxygen atoms in total. The van der Waals surface area contributed by atoms with Crippen LogP contribution in [-0.4, -0.2) is 48.1 Å². The van der Waals surface area contributed by atoms with E-state index in [4.69, 9.17) is 4.74 Å². The molecule has 2 atom stereocenters. The van der Waals surface area contributed by atoms with Gasteiger partial charge in [-0.15, -0.1) is 0 Å². The van der Waals surface area contributed by atoms with E-state index in [1.165, 1.54) is 0 Å². The number of amides is 2. The molecule has 2 amide bonds. The molecule has 122 valence electrons. The van der Waals surface area contributed by atoms with Crippen LogP contribution >= 0.6 is 0 Å². The fourth-order valence-electron chi connectivity index (χ4n) is 3.71. The summed E-state index contributed by atoms with van der Waals surface area (Å²) in [6.07, 6.45) is 2.79. The molecule has 3 aliphatic rings. The van der Waals surface area contributed by atoms with Crippen molar-refractivity contribution in [1.29, 1.82) is 0 Å². The van der Waals surface area contributed by atoms with E-state index < -0.39 is 0 Å². The van der Waals surface area contributed by atoms with Gasteiger partial charge in [0.1, 0.15) is 6.61 Å². The molecule has 0 radical (unpaired) electrons.